The van der Waals surface area contributed by atoms with Crippen LogP contribution in [0.1, 0.15) is 67.7 Å². The number of aryl methyl sites for hydroxylation is 2. The lowest BCUT2D eigenvalue weighted by molar-refractivity contribution is -0.137. The van der Waals surface area contributed by atoms with Gasteiger partial charge >= 0.3 is 0 Å². The summed E-state index contributed by atoms with van der Waals surface area (Å²) in [5.41, 5.74) is 5.82. The van der Waals surface area contributed by atoms with E-state index in [0.29, 0.717) is 23.7 Å². The number of hydrogen-bond acceptors (Lipinski definition) is 3. The van der Waals surface area contributed by atoms with Gasteiger partial charge in [0.2, 0.25) is 0 Å². The van der Waals surface area contributed by atoms with Gasteiger partial charge in [0.25, 0.3) is 11.8 Å². The van der Waals surface area contributed by atoms with E-state index in [-0.39, 0.29) is 11.8 Å². The van der Waals surface area contributed by atoms with E-state index in [0.717, 1.165) is 69.2 Å². The zero-order valence-corrected chi connectivity index (χ0v) is 21.0. The first-order chi connectivity index (χ1) is 16.5. The maximum absolute atomic E-state index is 13.6. The molecule has 0 radical (unpaired) electrons. The second-order valence-electron chi connectivity index (χ2n) is 9.97. The van der Waals surface area contributed by atoms with Crippen molar-refractivity contribution in [1.29, 1.82) is 0 Å². The van der Waals surface area contributed by atoms with Crippen LogP contribution in [0.2, 0.25) is 0 Å². The Balaban J connectivity index is 1.55. The largest absolute Gasteiger partial charge is 0.366 e. The lowest BCUT2D eigenvalue weighted by atomic mass is 9.89. The Kier molecular flexibility index (Phi) is 7.87. The standard InChI is InChI=1S/C30H38N2O2/c1-4-5-6-10-17-32-29(33)27(26-14-13-22(2)23(3)20-26)28(30(32)34)31-18-15-25(16-19-31)21-24-11-8-7-9-12-24/h7-9,11-14,20,25H,4-6,10,15-19,21H2,1-3H3. The molecule has 0 atom stereocenters. The molecular formula is C30H38N2O2. The van der Waals surface area contributed by atoms with Crippen molar-refractivity contribution >= 4 is 17.4 Å². The number of carbonyl (C=O) groups excluding carboxylic acids is 2. The van der Waals surface area contributed by atoms with Crippen molar-refractivity contribution in [2.24, 2.45) is 5.92 Å². The molecule has 0 saturated carbocycles. The van der Waals surface area contributed by atoms with Crippen LogP contribution < -0.4 is 0 Å². The minimum atomic E-state index is -0.119. The van der Waals surface area contributed by atoms with Gasteiger partial charge in [-0.2, -0.15) is 0 Å². The highest BCUT2D eigenvalue weighted by Crippen LogP contribution is 2.35. The van der Waals surface area contributed by atoms with E-state index in [2.05, 4.69) is 68.1 Å². The molecule has 0 N–H and O–H groups in total. The van der Waals surface area contributed by atoms with Crippen LogP contribution >= 0.6 is 0 Å². The molecule has 4 nitrogen and oxygen atoms in total. The van der Waals surface area contributed by atoms with E-state index in [1.807, 2.05) is 6.07 Å². The lowest BCUT2D eigenvalue weighted by Gasteiger charge is -2.34. The molecule has 1 saturated heterocycles. The molecule has 4 rings (SSSR count). The summed E-state index contributed by atoms with van der Waals surface area (Å²) in [7, 11) is 0. The molecule has 2 aromatic carbocycles. The molecule has 0 bridgehead atoms. The van der Waals surface area contributed by atoms with Gasteiger partial charge in [0.15, 0.2) is 0 Å². The minimum Gasteiger partial charge on any atom is -0.366 e. The molecule has 34 heavy (non-hydrogen) atoms. The molecule has 0 unspecified atom stereocenters. The van der Waals surface area contributed by atoms with Crippen molar-refractivity contribution in [3.63, 3.8) is 0 Å². The van der Waals surface area contributed by atoms with E-state index in [9.17, 15) is 9.59 Å². The highest BCUT2D eigenvalue weighted by Gasteiger charge is 2.42. The summed E-state index contributed by atoms with van der Waals surface area (Å²) in [4.78, 5) is 30.8. The van der Waals surface area contributed by atoms with Crippen molar-refractivity contribution < 1.29 is 9.59 Å². The molecule has 4 heteroatoms. The van der Waals surface area contributed by atoms with Crippen molar-refractivity contribution in [3.05, 3.63) is 76.5 Å². The van der Waals surface area contributed by atoms with Gasteiger partial charge in [-0.3, -0.25) is 14.5 Å². The SMILES string of the molecule is CCCCCCN1C(=O)C(c2ccc(C)c(C)c2)=C(N2CCC(Cc3ccccc3)CC2)C1=O. The molecule has 0 spiro atoms. The van der Waals surface area contributed by atoms with Crippen molar-refractivity contribution in [1.82, 2.24) is 9.80 Å². The first-order valence-electron chi connectivity index (χ1n) is 13.0. The summed E-state index contributed by atoms with van der Waals surface area (Å²) >= 11 is 0. The third-order valence-corrected chi connectivity index (χ3v) is 7.47. The molecule has 1 fully saturated rings. The zero-order valence-electron chi connectivity index (χ0n) is 21.0. The Hall–Kier alpha value is -2.88. The third kappa shape index (κ3) is 5.27. The fourth-order valence-corrected chi connectivity index (χ4v) is 5.22. The van der Waals surface area contributed by atoms with E-state index in [1.54, 1.807) is 0 Å². The molecule has 2 aliphatic rings. The number of carbonyl (C=O) groups is 2. The summed E-state index contributed by atoms with van der Waals surface area (Å²) in [5.74, 6) is 0.393. The number of piperidine rings is 1. The quantitative estimate of drug-likeness (QED) is 0.346. The summed E-state index contributed by atoms with van der Waals surface area (Å²) in [6, 6.07) is 16.8. The van der Waals surface area contributed by atoms with E-state index in [4.69, 9.17) is 0 Å². The normalized spacial score (nSPS) is 17.3. The van der Waals surface area contributed by atoms with Crippen molar-refractivity contribution in [3.8, 4) is 0 Å². The predicted molar refractivity (Wildman–Crippen MR) is 138 cm³/mol. The Labute approximate surface area is 204 Å². The first kappa shape index (κ1) is 24.3. The van der Waals surface area contributed by atoms with E-state index >= 15 is 0 Å². The summed E-state index contributed by atoms with van der Waals surface area (Å²) in [6.45, 7) is 8.48. The van der Waals surface area contributed by atoms with Crippen LogP contribution in [-0.2, 0) is 16.0 Å². The molecular weight excluding hydrogens is 420 g/mol. The number of likely N-dealkylation sites (tertiary alicyclic amines) is 1. The molecule has 2 aromatic rings. The smallest absolute Gasteiger partial charge is 0.277 e. The molecule has 180 valence electrons. The topological polar surface area (TPSA) is 40.6 Å². The van der Waals surface area contributed by atoms with Gasteiger partial charge in [-0.25, -0.2) is 0 Å². The summed E-state index contributed by atoms with van der Waals surface area (Å²) in [5, 5.41) is 0. The van der Waals surface area contributed by atoms with Crippen LogP contribution in [0.5, 0.6) is 0 Å². The molecule has 2 aliphatic heterocycles. The highest BCUT2D eigenvalue weighted by molar-refractivity contribution is 6.35. The second-order valence-corrected chi connectivity index (χ2v) is 9.97. The lowest BCUT2D eigenvalue weighted by Crippen LogP contribution is -2.39. The zero-order chi connectivity index (χ0) is 24.1. The molecule has 0 aromatic heterocycles. The number of unbranched alkanes of at least 4 members (excludes halogenated alkanes) is 3. The third-order valence-electron chi connectivity index (χ3n) is 7.47. The molecule has 0 aliphatic carbocycles. The number of benzene rings is 2. The molecule has 2 heterocycles. The number of amides is 2. The van der Waals surface area contributed by atoms with Crippen LogP contribution in [0.15, 0.2) is 54.2 Å². The number of rotatable bonds is 9. The first-order valence-corrected chi connectivity index (χ1v) is 13.0. The van der Waals surface area contributed by atoms with E-state index < -0.39 is 0 Å². The van der Waals surface area contributed by atoms with Gasteiger partial charge in [0.1, 0.15) is 5.70 Å². The van der Waals surface area contributed by atoms with Gasteiger partial charge in [0, 0.05) is 19.6 Å². The van der Waals surface area contributed by atoms with Gasteiger partial charge in [-0.05, 0) is 67.7 Å². The van der Waals surface area contributed by atoms with Gasteiger partial charge in [0.05, 0.1) is 5.57 Å². The van der Waals surface area contributed by atoms with Crippen LogP contribution in [0.4, 0.5) is 0 Å². The average molecular weight is 459 g/mol. The van der Waals surface area contributed by atoms with Gasteiger partial charge < -0.3 is 4.90 Å². The van der Waals surface area contributed by atoms with Crippen LogP contribution in [0, 0.1) is 19.8 Å². The second kappa shape index (κ2) is 11.0. The minimum absolute atomic E-state index is 0.101. The maximum atomic E-state index is 13.6. The van der Waals surface area contributed by atoms with Gasteiger partial charge in [-0.1, -0.05) is 74.7 Å². The highest BCUT2D eigenvalue weighted by atomic mass is 16.2. The Morgan fingerprint density at radius 3 is 2.26 bits per heavy atom. The Morgan fingerprint density at radius 1 is 0.853 bits per heavy atom. The average Bonchev–Trinajstić information content (AvgIpc) is 3.09. The van der Waals surface area contributed by atoms with E-state index in [1.165, 1.54) is 16.0 Å². The van der Waals surface area contributed by atoms with Crippen LogP contribution in [0.25, 0.3) is 5.57 Å². The Morgan fingerprint density at radius 2 is 1.59 bits per heavy atom. The maximum Gasteiger partial charge on any atom is 0.277 e. The summed E-state index contributed by atoms with van der Waals surface area (Å²) < 4.78 is 0. The molecule has 2 amide bonds. The fourth-order valence-electron chi connectivity index (χ4n) is 5.22. The fraction of sp³-hybridized carbons (Fsp3) is 0.467. The summed E-state index contributed by atoms with van der Waals surface area (Å²) in [6.07, 6.45) is 7.35. The van der Waals surface area contributed by atoms with Crippen LogP contribution in [0.3, 0.4) is 0 Å². The van der Waals surface area contributed by atoms with Crippen molar-refractivity contribution in [2.45, 2.75) is 65.7 Å². The Bertz CT molecular complexity index is 1050. The predicted octanol–water partition coefficient (Wildman–Crippen LogP) is 5.92. The number of nitrogens with zero attached hydrogens (tertiary/aromatic N) is 2. The number of imide groups is 1. The van der Waals surface area contributed by atoms with Crippen LogP contribution in [-0.4, -0.2) is 41.2 Å². The monoisotopic (exact) mass is 458 g/mol. The van der Waals surface area contributed by atoms with Gasteiger partial charge in [-0.15, -0.1) is 0 Å². The number of hydrogen-bond donors (Lipinski definition) is 0. The van der Waals surface area contributed by atoms with Crippen molar-refractivity contribution in [2.75, 3.05) is 19.6 Å².